The van der Waals surface area contributed by atoms with E-state index in [1.54, 1.807) is 18.3 Å². The van der Waals surface area contributed by atoms with Gasteiger partial charge in [-0.2, -0.15) is 5.26 Å². The minimum Gasteiger partial charge on any atom is -0.384 e. The van der Waals surface area contributed by atoms with Crippen LogP contribution < -0.4 is 16.0 Å². The van der Waals surface area contributed by atoms with Gasteiger partial charge in [-0.3, -0.25) is 0 Å². The van der Waals surface area contributed by atoms with E-state index in [9.17, 15) is 0 Å². The van der Waals surface area contributed by atoms with Gasteiger partial charge in [-0.15, -0.1) is 0 Å². The molecule has 1 aromatic rings. The van der Waals surface area contributed by atoms with Gasteiger partial charge in [0.2, 0.25) is 0 Å². The van der Waals surface area contributed by atoms with Crippen LogP contribution in [0.1, 0.15) is 19.4 Å². The van der Waals surface area contributed by atoms with Crippen LogP contribution in [-0.4, -0.2) is 33.1 Å². The number of nitrogens with zero attached hydrogens (tertiary/aromatic N) is 2. The number of hydrogen-bond acceptors (Lipinski definition) is 6. The summed E-state index contributed by atoms with van der Waals surface area (Å²) in [5, 5.41) is 11.9. The number of anilines is 1. The minimum atomic E-state index is -0.257. The molecule has 23 heavy (non-hydrogen) atoms. The van der Waals surface area contributed by atoms with E-state index in [1.807, 2.05) is 24.1 Å². The maximum Gasteiger partial charge on any atom is 0.174 e. The average molecular weight is 316 g/mol. The fourth-order valence-corrected chi connectivity index (χ4v) is 2.11. The fourth-order valence-electron chi connectivity index (χ4n) is 2.11. The summed E-state index contributed by atoms with van der Waals surface area (Å²) in [4.78, 5) is 1.83. The van der Waals surface area contributed by atoms with E-state index in [2.05, 4.69) is 25.2 Å². The van der Waals surface area contributed by atoms with Gasteiger partial charge in [-0.25, -0.2) is 0 Å². The Kier molecular flexibility index (Phi) is 5.48. The normalized spacial score (nSPS) is 18.3. The number of ether oxygens (including phenoxy) is 2. The van der Waals surface area contributed by atoms with Gasteiger partial charge in [0.1, 0.15) is 5.82 Å². The Labute approximate surface area is 137 Å². The van der Waals surface area contributed by atoms with Crippen molar-refractivity contribution in [1.29, 1.82) is 5.26 Å². The summed E-state index contributed by atoms with van der Waals surface area (Å²) < 4.78 is 11.3. The van der Waals surface area contributed by atoms with E-state index in [0.29, 0.717) is 31.1 Å². The molecule has 0 amide bonds. The number of nitrogens with one attached hydrogen (secondary N) is 1. The molecule has 0 saturated carbocycles. The molecular formula is C17H24N4O2. The molecule has 0 bridgehead atoms. The highest BCUT2D eigenvalue weighted by Crippen LogP contribution is 2.22. The average Bonchev–Trinajstić information content (AvgIpc) is 2.55. The van der Waals surface area contributed by atoms with Crippen LogP contribution in [0.15, 0.2) is 36.3 Å². The molecule has 0 radical (unpaired) electrons. The summed E-state index contributed by atoms with van der Waals surface area (Å²) in [5.41, 5.74) is 7.66. The quantitative estimate of drug-likeness (QED) is 0.861. The van der Waals surface area contributed by atoms with Crippen LogP contribution in [0.5, 0.6) is 0 Å². The zero-order valence-electron chi connectivity index (χ0n) is 13.9. The van der Waals surface area contributed by atoms with Crippen molar-refractivity contribution in [3.05, 3.63) is 41.8 Å². The molecule has 1 aliphatic heterocycles. The van der Waals surface area contributed by atoms with Gasteiger partial charge in [0.15, 0.2) is 6.29 Å². The van der Waals surface area contributed by atoms with Gasteiger partial charge in [-0.05, 0) is 24.3 Å². The molecule has 0 atom stereocenters. The Morgan fingerprint density at radius 1 is 1.39 bits per heavy atom. The summed E-state index contributed by atoms with van der Waals surface area (Å²) in [6.45, 7) is 6.13. The topological polar surface area (TPSA) is 83.5 Å². The molecule has 1 heterocycles. The molecule has 0 aromatic heterocycles. The predicted octanol–water partition coefficient (Wildman–Crippen LogP) is 1.74. The number of nitrogens with two attached hydrogens (primary N) is 1. The lowest BCUT2D eigenvalue weighted by atomic mass is 9.96. The fraction of sp³-hybridized carbons (Fsp3) is 0.471. The lowest BCUT2D eigenvalue weighted by Gasteiger charge is -2.34. The van der Waals surface area contributed by atoms with Gasteiger partial charge < -0.3 is 25.4 Å². The largest absolute Gasteiger partial charge is 0.384 e. The molecule has 6 nitrogen and oxygen atoms in total. The first-order valence-electron chi connectivity index (χ1n) is 7.57. The van der Waals surface area contributed by atoms with Gasteiger partial charge >= 0.3 is 0 Å². The summed E-state index contributed by atoms with van der Waals surface area (Å²) in [6.07, 6.45) is 1.47. The van der Waals surface area contributed by atoms with E-state index in [-0.39, 0.29) is 11.7 Å². The number of nitriles is 1. The van der Waals surface area contributed by atoms with Crippen LogP contribution in [0.25, 0.3) is 0 Å². The maximum absolute atomic E-state index is 8.82. The van der Waals surface area contributed by atoms with Crippen LogP contribution in [-0.2, 0) is 9.47 Å². The highest BCUT2D eigenvalue weighted by Gasteiger charge is 2.27. The Morgan fingerprint density at radius 2 is 2.00 bits per heavy atom. The van der Waals surface area contributed by atoms with Crippen molar-refractivity contribution >= 4 is 5.69 Å². The van der Waals surface area contributed by atoms with Crippen molar-refractivity contribution in [2.75, 3.05) is 31.7 Å². The molecule has 0 aliphatic carbocycles. The van der Waals surface area contributed by atoms with Crippen LogP contribution in [0.3, 0.4) is 0 Å². The number of rotatable bonds is 5. The first-order chi connectivity index (χ1) is 10.9. The highest BCUT2D eigenvalue weighted by atomic mass is 16.7. The zero-order valence-corrected chi connectivity index (χ0v) is 13.9. The first kappa shape index (κ1) is 17.1. The Morgan fingerprint density at radius 3 is 2.57 bits per heavy atom. The summed E-state index contributed by atoms with van der Waals surface area (Å²) >= 11 is 0. The number of benzene rings is 1. The molecule has 0 spiro atoms. The van der Waals surface area contributed by atoms with Gasteiger partial charge in [0.05, 0.1) is 31.4 Å². The SMILES string of the molecule is CN(/C(N)=C/NCC1OCC(C)(C)CO1)c1ccc(C#N)cc1. The second-order valence-electron chi connectivity index (χ2n) is 6.41. The van der Waals surface area contributed by atoms with E-state index >= 15 is 0 Å². The van der Waals surface area contributed by atoms with Gasteiger partial charge in [0, 0.05) is 24.4 Å². The molecular weight excluding hydrogens is 292 g/mol. The monoisotopic (exact) mass is 316 g/mol. The van der Waals surface area contributed by atoms with Crippen molar-refractivity contribution in [3.8, 4) is 6.07 Å². The smallest absolute Gasteiger partial charge is 0.174 e. The lowest BCUT2D eigenvalue weighted by Crippen LogP contribution is -2.42. The van der Waals surface area contributed by atoms with E-state index in [1.165, 1.54) is 0 Å². The van der Waals surface area contributed by atoms with Crippen molar-refractivity contribution in [2.24, 2.45) is 11.1 Å². The van der Waals surface area contributed by atoms with Crippen molar-refractivity contribution in [2.45, 2.75) is 20.1 Å². The molecule has 2 rings (SSSR count). The zero-order chi connectivity index (χ0) is 16.9. The van der Waals surface area contributed by atoms with E-state index < -0.39 is 0 Å². The summed E-state index contributed by atoms with van der Waals surface area (Å²) in [5.74, 6) is 0.561. The Bertz CT molecular complexity index is 580. The molecule has 1 aliphatic rings. The van der Waals surface area contributed by atoms with E-state index in [4.69, 9.17) is 20.5 Å². The van der Waals surface area contributed by atoms with Crippen LogP contribution in [0, 0.1) is 16.7 Å². The van der Waals surface area contributed by atoms with Crippen LogP contribution >= 0.6 is 0 Å². The second kappa shape index (κ2) is 7.36. The van der Waals surface area contributed by atoms with Crippen molar-refractivity contribution in [1.82, 2.24) is 5.32 Å². The highest BCUT2D eigenvalue weighted by molar-refractivity contribution is 5.52. The maximum atomic E-state index is 8.82. The minimum absolute atomic E-state index is 0.0706. The third-order valence-electron chi connectivity index (χ3n) is 3.63. The standard InChI is InChI=1S/C17H24N4O2/c1-17(2)11-22-16(23-12-17)10-20-9-15(19)21(3)14-6-4-13(8-18)5-7-14/h4-7,9,16,20H,10-12,19H2,1-3H3/b15-9+. The van der Waals surface area contributed by atoms with Gasteiger partial charge in [-0.1, -0.05) is 13.8 Å². The lowest BCUT2D eigenvalue weighted by molar-refractivity contribution is -0.217. The summed E-state index contributed by atoms with van der Waals surface area (Å²) in [6, 6.07) is 9.33. The number of hydrogen-bond donors (Lipinski definition) is 2. The third-order valence-corrected chi connectivity index (χ3v) is 3.63. The molecule has 1 saturated heterocycles. The molecule has 1 aromatic carbocycles. The van der Waals surface area contributed by atoms with Crippen molar-refractivity contribution < 1.29 is 9.47 Å². The second-order valence-corrected chi connectivity index (χ2v) is 6.41. The van der Waals surface area contributed by atoms with Crippen molar-refractivity contribution in [3.63, 3.8) is 0 Å². The third kappa shape index (κ3) is 4.88. The first-order valence-corrected chi connectivity index (χ1v) is 7.57. The molecule has 3 N–H and O–H groups in total. The molecule has 6 heteroatoms. The molecule has 0 unspecified atom stereocenters. The Balaban J connectivity index is 1.83. The molecule has 124 valence electrons. The van der Waals surface area contributed by atoms with E-state index in [0.717, 1.165) is 5.69 Å². The summed E-state index contributed by atoms with van der Waals surface area (Å²) in [7, 11) is 1.87. The van der Waals surface area contributed by atoms with Gasteiger partial charge in [0.25, 0.3) is 0 Å². The van der Waals surface area contributed by atoms with Crippen LogP contribution in [0.4, 0.5) is 5.69 Å². The Hall–Kier alpha value is -2.23. The predicted molar refractivity (Wildman–Crippen MR) is 89.3 cm³/mol. The van der Waals surface area contributed by atoms with Crippen LogP contribution in [0.2, 0.25) is 0 Å². The molecule has 1 fully saturated rings.